The van der Waals surface area contributed by atoms with Gasteiger partial charge in [0.05, 0.1) is 6.10 Å². The maximum Gasteiger partial charge on any atom is 0.303 e. The Labute approximate surface area is 80.8 Å². The number of carboxylic acids is 1. The average molecular weight is 190 g/mol. The van der Waals surface area contributed by atoms with E-state index in [-0.39, 0.29) is 6.10 Å². The van der Waals surface area contributed by atoms with Crippen molar-refractivity contribution in [2.45, 2.75) is 59.0 Å². The molecule has 0 saturated carbocycles. The van der Waals surface area contributed by atoms with Crippen molar-refractivity contribution < 1.29 is 15.0 Å². The van der Waals surface area contributed by atoms with Gasteiger partial charge in [0.2, 0.25) is 0 Å². The fourth-order valence-electron chi connectivity index (χ4n) is 0.526. The minimum Gasteiger partial charge on any atom is -0.481 e. The molecule has 0 saturated heterocycles. The van der Waals surface area contributed by atoms with E-state index < -0.39 is 5.97 Å². The third-order valence-electron chi connectivity index (χ3n) is 1.59. The van der Waals surface area contributed by atoms with Crippen molar-refractivity contribution in [2.75, 3.05) is 0 Å². The van der Waals surface area contributed by atoms with Gasteiger partial charge in [0.1, 0.15) is 0 Å². The summed E-state index contributed by atoms with van der Waals surface area (Å²) in [7, 11) is 0. The molecule has 0 aliphatic heterocycles. The van der Waals surface area contributed by atoms with E-state index in [1.165, 1.54) is 0 Å². The number of hydrogen-bond acceptors (Lipinski definition) is 2. The van der Waals surface area contributed by atoms with E-state index in [9.17, 15) is 4.79 Å². The van der Waals surface area contributed by atoms with Crippen LogP contribution in [0.3, 0.4) is 0 Å². The maximum absolute atomic E-state index is 9.87. The first kappa shape index (κ1) is 14.9. The molecule has 0 aromatic carbocycles. The highest BCUT2D eigenvalue weighted by Gasteiger charge is 1.92. The standard InChI is InChI=1S/C6H12O2.C4H10O/c1-2-3-4-5-6(7)8;1-3-4(2)5/h2-5H2,1H3,(H,7,8);4-5H,3H2,1-2H3. The van der Waals surface area contributed by atoms with Crippen molar-refractivity contribution >= 4 is 5.97 Å². The molecule has 0 amide bonds. The zero-order valence-corrected chi connectivity index (χ0v) is 8.92. The van der Waals surface area contributed by atoms with Crippen LogP contribution in [-0.4, -0.2) is 22.3 Å². The molecule has 0 spiro atoms. The second kappa shape index (κ2) is 11.4. The molecule has 0 aromatic rings. The Morgan fingerprint density at radius 3 is 2.00 bits per heavy atom. The van der Waals surface area contributed by atoms with Gasteiger partial charge in [-0.05, 0) is 19.8 Å². The van der Waals surface area contributed by atoms with Gasteiger partial charge in [0.15, 0.2) is 0 Å². The molecule has 1 unspecified atom stereocenters. The van der Waals surface area contributed by atoms with Gasteiger partial charge in [-0.2, -0.15) is 0 Å². The first-order chi connectivity index (χ1) is 6.04. The second-order valence-corrected chi connectivity index (χ2v) is 3.11. The Kier molecular flexibility index (Phi) is 13.1. The van der Waals surface area contributed by atoms with Gasteiger partial charge in [-0.25, -0.2) is 0 Å². The van der Waals surface area contributed by atoms with Crippen molar-refractivity contribution in [3.8, 4) is 0 Å². The quantitative estimate of drug-likeness (QED) is 0.654. The molecule has 0 fully saturated rings. The summed E-state index contributed by atoms with van der Waals surface area (Å²) < 4.78 is 0. The van der Waals surface area contributed by atoms with Crippen LogP contribution in [0.2, 0.25) is 0 Å². The van der Waals surface area contributed by atoms with Gasteiger partial charge in [-0.3, -0.25) is 4.79 Å². The molecule has 0 heterocycles. The summed E-state index contributed by atoms with van der Waals surface area (Å²) in [5.74, 6) is -0.682. The molecule has 3 heteroatoms. The lowest BCUT2D eigenvalue weighted by Gasteiger charge is -1.90. The van der Waals surface area contributed by atoms with E-state index in [1.807, 2.05) is 6.92 Å². The Morgan fingerprint density at radius 1 is 1.31 bits per heavy atom. The molecule has 0 rings (SSSR count). The van der Waals surface area contributed by atoms with E-state index in [1.54, 1.807) is 6.92 Å². The van der Waals surface area contributed by atoms with Gasteiger partial charge in [0.25, 0.3) is 0 Å². The summed E-state index contributed by atoms with van der Waals surface area (Å²) >= 11 is 0. The number of rotatable bonds is 5. The van der Waals surface area contributed by atoms with Gasteiger partial charge in [-0.15, -0.1) is 0 Å². The normalized spacial score (nSPS) is 11.4. The highest BCUT2D eigenvalue weighted by atomic mass is 16.4. The monoisotopic (exact) mass is 190 g/mol. The molecule has 3 nitrogen and oxygen atoms in total. The van der Waals surface area contributed by atoms with Crippen LogP contribution >= 0.6 is 0 Å². The topological polar surface area (TPSA) is 57.5 Å². The SMILES string of the molecule is CCC(C)O.CCCCCC(=O)O. The van der Waals surface area contributed by atoms with Crippen LogP contribution in [-0.2, 0) is 4.79 Å². The third kappa shape index (κ3) is 24.6. The number of aliphatic hydroxyl groups excluding tert-OH is 1. The molecule has 0 aliphatic rings. The highest BCUT2D eigenvalue weighted by Crippen LogP contribution is 1.97. The first-order valence-electron chi connectivity index (χ1n) is 4.94. The molecule has 2 N–H and O–H groups in total. The molecule has 80 valence electrons. The number of aliphatic hydroxyl groups is 1. The number of aliphatic carboxylic acids is 1. The summed E-state index contributed by atoms with van der Waals surface area (Å²) in [6.07, 6.45) is 4.02. The van der Waals surface area contributed by atoms with Crippen LogP contribution in [0.4, 0.5) is 0 Å². The van der Waals surface area contributed by atoms with E-state index in [0.29, 0.717) is 6.42 Å². The number of carboxylic acid groups (broad SMARTS) is 1. The predicted molar refractivity (Wildman–Crippen MR) is 53.7 cm³/mol. The van der Waals surface area contributed by atoms with Crippen molar-refractivity contribution in [2.24, 2.45) is 0 Å². The van der Waals surface area contributed by atoms with Gasteiger partial charge >= 0.3 is 5.97 Å². The highest BCUT2D eigenvalue weighted by molar-refractivity contribution is 5.66. The Bertz CT molecular complexity index is 111. The first-order valence-corrected chi connectivity index (χ1v) is 4.94. The van der Waals surface area contributed by atoms with Crippen LogP contribution in [0.25, 0.3) is 0 Å². The van der Waals surface area contributed by atoms with Crippen LogP contribution in [0.1, 0.15) is 52.9 Å². The largest absolute Gasteiger partial charge is 0.481 e. The number of unbranched alkanes of at least 4 members (excludes halogenated alkanes) is 2. The number of carbonyl (C=O) groups is 1. The predicted octanol–water partition coefficient (Wildman–Crippen LogP) is 2.43. The molecule has 13 heavy (non-hydrogen) atoms. The lowest BCUT2D eigenvalue weighted by atomic mass is 10.2. The van der Waals surface area contributed by atoms with Crippen molar-refractivity contribution in [3.63, 3.8) is 0 Å². The Balaban J connectivity index is 0. The summed E-state index contributed by atoms with van der Waals surface area (Å²) in [4.78, 5) is 9.87. The zero-order valence-electron chi connectivity index (χ0n) is 8.92. The third-order valence-corrected chi connectivity index (χ3v) is 1.59. The minimum absolute atomic E-state index is 0.116. The van der Waals surface area contributed by atoms with Crippen molar-refractivity contribution in [1.29, 1.82) is 0 Å². The smallest absolute Gasteiger partial charge is 0.303 e. The van der Waals surface area contributed by atoms with E-state index in [4.69, 9.17) is 10.2 Å². The van der Waals surface area contributed by atoms with Gasteiger partial charge in [0, 0.05) is 6.42 Å². The molecular formula is C10H22O3. The fourth-order valence-corrected chi connectivity index (χ4v) is 0.526. The lowest BCUT2D eigenvalue weighted by molar-refractivity contribution is -0.137. The summed E-state index contributed by atoms with van der Waals surface area (Å²) in [6, 6.07) is 0. The Morgan fingerprint density at radius 2 is 1.77 bits per heavy atom. The lowest BCUT2D eigenvalue weighted by Crippen LogP contribution is -1.93. The van der Waals surface area contributed by atoms with Crippen molar-refractivity contribution in [1.82, 2.24) is 0 Å². The second-order valence-electron chi connectivity index (χ2n) is 3.11. The molecule has 0 aromatic heterocycles. The Hall–Kier alpha value is -0.570. The van der Waals surface area contributed by atoms with Gasteiger partial charge in [-0.1, -0.05) is 26.7 Å². The van der Waals surface area contributed by atoms with Crippen LogP contribution < -0.4 is 0 Å². The van der Waals surface area contributed by atoms with Crippen LogP contribution in [0.5, 0.6) is 0 Å². The molecule has 0 bridgehead atoms. The molecular weight excluding hydrogens is 168 g/mol. The minimum atomic E-state index is -0.682. The molecule has 1 atom stereocenters. The summed E-state index contributed by atoms with van der Waals surface area (Å²) in [6.45, 7) is 5.78. The summed E-state index contributed by atoms with van der Waals surface area (Å²) in [5.41, 5.74) is 0. The fraction of sp³-hybridized carbons (Fsp3) is 0.900. The zero-order chi connectivity index (χ0) is 10.7. The van der Waals surface area contributed by atoms with Crippen molar-refractivity contribution in [3.05, 3.63) is 0 Å². The van der Waals surface area contributed by atoms with E-state index in [0.717, 1.165) is 25.7 Å². The molecule has 0 radical (unpaired) electrons. The van der Waals surface area contributed by atoms with Crippen LogP contribution in [0.15, 0.2) is 0 Å². The van der Waals surface area contributed by atoms with E-state index >= 15 is 0 Å². The average Bonchev–Trinajstić information content (AvgIpc) is 2.05. The maximum atomic E-state index is 9.87. The molecule has 0 aliphatic carbocycles. The van der Waals surface area contributed by atoms with E-state index in [2.05, 4.69) is 6.92 Å². The number of hydrogen-bond donors (Lipinski definition) is 2. The summed E-state index contributed by atoms with van der Waals surface area (Å²) in [5, 5.41) is 16.5. The van der Waals surface area contributed by atoms with Crippen LogP contribution in [0, 0.1) is 0 Å². The van der Waals surface area contributed by atoms with Gasteiger partial charge < -0.3 is 10.2 Å².